The van der Waals surface area contributed by atoms with Gasteiger partial charge in [-0.2, -0.15) is 0 Å². The quantitative estimate of drug-likeness (QED) is 0.0228. The van der Waals surface area contributed by atoms with Crippen molar-refractivity contribution in [3.05, 3.63) is 109 Å². The number of carbonyl (C=O) groups is 4. The number of carbonyl (C=O) groups excluding carboxylic acids is 3. The minimum Gasteiger partial charge on any atom is -0.479 e. The Hall–Kier alpha value is -4.62. The van der Waals surface area contributed by atoms with Gasteiger partial charge in [-0.25, -0.2) is 4.79 Å². The SMILES string of the molecule is CC/C=C\C/C=C\C/C=C\C/C=C\C/C=C\C/C=C\CCC(=O)OCC(COC1OC(C(=O)O)C(O)C(O)C1OC(=O)CCCCCCCCC/C=C\C/C=C\C/C=C\CC)OC(=O)CCCCCCCCCCCCC. The van der Waals surface area contributed by atoms with Crippen LogP contribution in [-0.4, -0.2) is 89.2 Å². The summed E-state index contributed by atoms with van der Waals surface area (Å²) in [7, 11) is 0. The van der Waals surface area contributed by atoms with Crippen LogP contribution >= 0.6 is 0 Å². The fourth-order valence-electron chi connectivity index (χ4n) is 8.35. The van der Waals surface area contributed by atoms with Gasteiger partial charge in [-0.05, 0) is 89.9 Å². The summed E-state index contributed by atoms with van der Waals surface area (Å²) >= 11 is 0. The molecule has 1 aliphatic rings. The number of aliphatic carboxylic acids is 1. The summed E-state index contributed by atoms with van der Waals surface area (Å²) in [6.07, 6.45) is 57.8. The second-order valence-corrected chi connectivity index (χ2v) is 19.9. The Kier molecular flexibility index (Phi) is 47.6. The van der Waals surface area contributed by atoms with Gasteiger partial charge in [-0.1, -0.05) is 226 Å². The van der Waals surface area contributed by atoms with Crippen LogP contribution in [0.5, 0.6) is 0 Å². The average molecular weight is 1080 g/mol. The lowest BCUT2D eigenvalue weighted by Crippen LogP contribution is -2.61. The minimum absolute atomic E-state index is 0.0380. The molecule has 436 valence electrons. The van der Waals surface area contributed by atoms with Crippen LogP contribution in [0.15, 0.2) is 109 Å². The molecule has 77 heavy (non-hydrogen) atoms. The maximum Gasteiger partial charge on any atom is 0.335 e. The lowest BCUT2D eigenvalue weighted by molar-refractivity contribution is -0.301. The topological polar surface area (TPSA) is 175 Å². The number of rotatable bonds is 49. The number of esters is 3. The monoisotopic (exact) mass is 1080 g/mol. The number of unbranched alkanes of at least 4 members (excludes halogenated alkanes) is 17. The lowest BCUT2D eigenvalue weighted by Gasteiger charge is -2.40. The van der Waals surface area contributed by atoms with Crippen molar-refractivity contribution in [1.29, 1.82) is 0 Å². The van der Waals surface area contributed by atoms with Gasteiger partial charge < -0.3 is 39.0 Å². The maximum absolute atomic E-state index is 13.1. The predicted molar refractivity (Wildman–Crippen MR) is 312 cm³/mol. The van der Waals surface area contributed by atoms with E-state index >= 15 is 0 Å². The van der Waals surface area contributed by atoms with Crippen LogP contribution in [0.4, 0.5) is 0 Å². The average Bonchev–Trinajstić information content (AvgIpc) is 3.41. The lowest BCUT2D eigenvalue weighted by atomic mass is 9.98. The summed E-state index contributed by atoms with van der Waals surface area (Å²) in [6.45, 7) is 5.68. The van der Waals surface area contributed by atoms with Crippen molar-refractivity contribution < 1.29 is 58.2 Å². The zero-order valence-electron chi connectivity index (χ0n) is 47.9. The van der Waals surface area contributed by atoms with Gasteiger partial charge in [0, 0.05) is 19.3 Å². The molecule has 0 aromatic heterocycles. The molecule has 3 N–H and O–H groups in total. The molecule has 1 rings (SSSR count). The van der Waals surface area contributed by atoms with Crippen molar-refractivity contribution in [2.24, 2.45) is 0 Å². The van der Waals surface area contributed by atoms with Crippen molar-refractivity contribution in [3.8, 4) is 0 Å². The Morgan fingerprint density at radius 2 is 0.844 bits per heavy atom. The fraction of sp³-hybridized carbons (Fsp3) is 0.662. The second kappa shape index (κ2) is 52.1. The van der Waals surface area contributed by atoms with Crippen LogP contribution in [0.1, 0.15) is 226 Å². The van der Waals surface area contributed by atoms with Gasteiger partial charge in [0.15, 0.2) is 24.6 Å². The van der Waals surface area contributed by atoms with E-state index in [-0.39, 0.29) is 25.9 Å². The third kappa shape index (κ3) is 42.1. The van der Waals surface area contributed by atoms with Crippen LogP contribution in [0.25, 0.3) is 0 Å². The summed E-state index contributed by atoms with van der Waals surface area (Å²) < 4.78 is 28.3. The molecule has 0 saturated carbocycles. The molecule has 1 aliphatic heterocycles. The first-order chi connectivity index (χ1) is 37.6. The van der Waals surface area contributed by atoms with Gasteiger partial charge in [-0.15, -0.1) is 0 Å². The first kappa shape index (κ1) is 70.4. The van der Waals surface area contributed by atoms with Gasteiger partial charge in [0.05, 0.1) is 6.61 Å². The third-order valence-electron chi connectivity index (χ3n) is 12.9. The summed E-state index contributed by atoms with van der Waals surface area (Å²) in [5.74, 6) is -3.25. The molecule has 0 amide bonds. The van der Waals surface area contributed by atoms with Gasteiger partial charge in [-0.3, -0.25) is 14.4 Å². The molecule has 6 atom stereocenters. The number of aliphatic hydroxyl groups is 2. The highest BCUT2D eigenvalue weighted by atomic mass is 16.7. The maximum atomic E-state index is 13.1. The molecule has 6 unspecified atom stereocenters. The van der Waals surface area contributed by atoms with Crippen LogP contribution in [0.3, 0.4) is 0 Å². The van der Waals surface area contributed by atoms with Crippen molar-refractivity contribution in [1.82, 2.24) is 0 Å². The molecule has 0 aliphatic carbocycles. The van der Waals surface area contributed by atoms with Crippen molar-refractivity contribution in [2.45, 2.75) is 263 Å². The molecular formula is C65H104O12. The van der Waals surface area contributed by atoms with E-state index in [4.69, 9.17) is 23.7 Å². The smallest absolute Gasteiger partial charge is 0.335 e. The number of hydrogen-bond donors (Lipinski definition) is 3. The summed E-state index contributed by atoms with van der Waals surface area (Å²) in [4.78, 5) is 51.1. The molecule has 0 radical (unpaired) electrons. The van der Waals surface area contributed by atoms with Crippen LogP contribution < -0.4 is 0 Å². The van der Waals surface area contributed by atoms with Crippen molar-refractivity contribution in [2.75, 3.05) is 13.2 Å². The zero-order valence-corrected chi connectivity index (χ0v) is 47.9. The molecule has 1 heterocycles. The standard InChI is InChI=1S/C65H104O12/c1-4-7-10-13-16-19-22-24-26-28-29-31-32-34-37-39-42-45-48-51-57(66)73-54-56(75-58(67)52-49-46-43-40-36-21-18-15-12-9-6-3)55-74-65-63(61(70)60(69)62(77-65)64(71)72)76-59(68)53-50-47-44-41-38-35-33-30-27-25-23-20-17-14-11-8-5-2/h7-8,10-11,16-17,19-20,24-27,29,31,34,37,42,45,56,60-63,65,69-70H,4-6,9,12-15,18,21-23,28,30,32-33,35-36,38-41,43-44,46-55H2,1-3H3,(H,71,72)/b10-7-,11-8-,19-16-,20-17-,26-24-,27-25-,31-29-,37-34-,45-42-. The molecule has 12 nitrogen and oxygen atoms in total. The largest absolute Gasteiger partial charge is 0.479 e. The van der Waals surface area contributed by atoms with E-state index < -0.39 is 67.3 Å². The Labute approximate surface area is 465 Å². The fourth-order valence-corrected chi connectivity index (χ4v) is 8.35. The second-order valence-electron chi connectivity index (χ2n) is 19.9. The molecule has 0 bridgehead atoms. The molecule has 0 aromatic carbocycles. The van der Waals surface area contributed by atoms with Crippen LogP contribution in [0, 0.1) is 0 Å². The number of allylic oxidation sites excluding steroid dienone is 18. The first-order valence-electron chi connectivity index (χ1n) is 29.9. The highest BCUT2D eigenvalue weighted by Gasteiger charge is 2.50. The van der Waals surface area contributed by atoms with E-state index in [2.05, 4.69) is 118 Å². The van der Waals surface area contributed by atoms with E-state index in [1.54, 1.807) is 0 Å². The third-order valence-corrected chi connectivity index (χ3v) is 12.9. The minimum atomic E-state index is -1.92. The Balaban J connectivity index is 2.72. The molecule has 1 fully saturated rings. The van der Waals surface area contributed by atoms with Crippen molar-refractivity contribution >= 4 is 23.9 Å². The van der Waals surface area contributed by atoms with E-state index in [1.165, 1.54) is 44.9 Å². The van der Waals surface area contributed by atoms with Gasteiger partial charge in [0.1, 0.15) is 18.8 Å². The molecule has 1 saturated heterocycles. The summed E-state index contributed by atoms with van der Waals surface area (Å²) in [5.41, 5.74) is 0. The Bertz CT molecular complexity index is 1750. The number of carboxylic acids is 1. The van der Waals surface area contributed by atoms with E-state index in [1.807, 2.05) is 12.2 Å². The Morgan fingerprint density at radius 1 is 0.442 bits per heavy atom. The first-order valence-corrected chi connectivity index (χ1v) is 29.9. The number of carboxylic acid groups (broad SMARTS) is 1. The zero-order chi connectivity index (χ0) is 56.1. The van der Waals surface area contributed by atoms with Gasteiger partial charge >= 0.3 is 23.9 Å². The molecular weight excluding hydrogens is 973 g/mol. The van der Waals surface area contributed by atoms with E-state index in [9.17, 15) is 34.5 Å². The van der Waals surface area contributed by atoms with Crippen molar-refractivity contribution in [3.63, 3.8) is 0 Å². The summed E-state index contributed by atoms with van der Waals surface area (Å²) in [5, 5.41) is 31.5. The highest BCUT2D eigenvalue weighted by Crippen LogP contribution is 2.26. The highest BCUT2D eigenvalue weighted by molar-refractivity contribution is 5.74. The number of aliphatic hydroxyl groups excluding tert-OH is 2. The number of hydrogen-bond acceptors (Lipinski definition) is 11. The normalized spacial score (nSPS) is 18.8. The number of ether oxygens (including phenoxy) is 5. The van der Waals surface area contributed by atoms with E-state index in [0.717, 1.165) is 122 Å². The van der Waals surface area contributed by atoms with Crippen LogP contribution in [-0.2, 0) is 42.9 Å². The Morgan fingerprint density at radius 3 is 1.30 bits per heavy atom. The van der Waals surface area contributed by atoms with E-state index in [0.29, 0.717) is 19.3 Å². The van der Waals surface area contributed by atoms with Gasteiger partial charge in [0.25, 0.3) is 0 Å². The predicted octanol–water partition coefficient (Wildman–Crippen LogP) is 15.4. The molecule has 0 spiro atoms. The summed E-state index contributed by atoms with van der Waals surface area (Å²) in [6, 6.07) is 0. The van der Waals surface area contributed by atoms with Gasteiger partial charge in [0.2, 0.25) is 0 Å². The van der Waals surface area contributed by atoms with Crippen LogP contribution in [0.2, 0.25) is 0 Å². The molecule has 12 heteroatoms. The molecule has 0 aromatic rings.